The molecule has 0 saturated heterocycles. The second-order valence-electron chi connectivity index (χ2n) is 2.41. The minimum Gasteiger partial charge on any atom is -0.0817 e. The van der Waals surface area contributed by atoms with Crippen LogP contribution in [0.5, 0.6) is 0 Å². The molecule has 0 aliphatic carbocycles. The van der Waals surface area contributed by atoms with E-state index in [4.69, 9.17) is 11.7 Å². The van der Waals surface area contributed by atoms with E-state index in [9.17, 15) is 0 Å². The predicted octanol–water partition coefficient (Wildman–Crippen LogP) is 3.46. The summed E-state index contributed by atoms with van der Waals surface area (Å²) in [5.74, 6) is 1.09. The molecule has 59 valence electrons. The molecule has 0 saturated carbocycles. The fourth-order valence-electron chi connectivity index (χ4n) is 0.980. The van der Waals surface area contributed by atoms with Gasteiger partial charge in [-0.1, -0.05) is 41.1 Å². The maximum Gasteiger partial charge on any atom is 0.00485 e. The van der Waals surface area contributed by atoms with Gasteiger partial charge in [0.05, 0.1) is 0 Å². The highest BCUT2D eigenvalue weighted by atomic mass is 33.1. The maximum absolute atomic E-state index is 4.78. The molecule has 11 heavy (non-hydrogen) atoms. The molecule has 1 aromatic rings. The zero-order valence-electron chi connectivity index (χ0n) is 6.32. The lowest BCUT2D eigenvalue weighted by molar-refractivity contribution is 0.936. The average molecular weight is 183 g/mol. The van der Waals surface area contributed by atoms with Gasteiger partial charge in [0.2, 0.25) is 0 Å². The first kappa shape index (κ1) is 9.01. The summed E-state index contributed by atoms with van der Waals surface area (Å²) in [5, 5.41) is 0. The van der Waals surface area contributed by atoms with Crippen LogP contribution in [-0.4, -0.2) is 5.75 Å². The van der Waals surface area contributed by atoms with Crippen LogP contribution in [0.1, 0.15) is 12.0 Å². The predicted molar refractivity (Wildman–Crippen MR) is 54.8 cm³/mol. The number of hydrogen-bond donors (Lipinski definition) is 0. The second-order valence-corrected chi connectivity index (χ2v) is 3.76. The number of aryl methyl sites for hydroxylation is 1. The molecule has 0 aliphatic rings. The standard InChI is InChI=1S/C9H11S2/c10-11-8-4-7-9-5-2-1-3-6-9/h1-3,5-6H,4,7-8H2. The molecule has 0 aromatic heterocycles. The van der Waals surface area contributed by atoms with Crippen LogP contribution in [0.4, 0.5) is 0 Å². The molecule has 0 nitrogen and oxygen atoms in total. The monoisotopic (exact) mass is 183 g/mol. The van der Waals surface area contributed by atoms with E-state index in [0.29, 0.717) is 0 Å². The van der Waals surface area contributed by atoms with E-state index < -0.39 is 0 Å². The molecule has 0 amide bonds. The van der Waals surface area contributed by atoms with Crippen LogP contribution in [0.15, 0.2) is 30.3 Å². The average Bonchev–Trinajstić information content (AvgIpc) is 2.07. The number of hydrogen-bond acceptors (Lipinski definition) is 1. The zero-order chi connectivity index (χ0) is 7.94. The summed E-state index contributed by atoms with van der Waals surface area (Å²) >= 11 is 4.78. The maximum atomic E-state index is 4.78. The summed E-state index contributed by atoms with van der Waals surface area (Å²) < 4.78 is 0. The van der Waals surface area contributed by atoms with Crippen LogP contribution in [0.3, 0.4) is 0 Å². The third-order valence-electron chi connectivity index (χ3n) is 1.54. The van der Waals surface area contributed by atoms with Gasteiger partial charge < -0.3 is 0 Å². The molecule has 0 fully saturated rings. The van der Waals surface area contributed by atoms with Gasteiger partial charge in [0, 0.05) is 5.75 Å². The highest BCUT2D eigenvalue weighted by Gasteiger charge is 1.90. The summed E-state index contributed by atoms with van der Waals surface area (Å²) in [6.45, 7) is 0. The minimum atomic E-state index is 1.09. The first-order valence-electron chi connectivity index (χ1n) is 3.72. The summed E-state index contributed by atoms with van der Waals surface area (Å²) in [7, 11) is 1.50. The Kier molecular flexibility index (Phi) is 4.55. The van der Waals surface area contributed by atoms with Crippen molar-refractivity contribution in [1.29, 1.82) is 0 Å². The normalized spacial score (nSPS) is 9.91. The van der Waals surface area contributed by atoms with Crippen molar-refractivity contribution in [2.24, 2.45) is 0 Å². The zero-order valence-corrected chi connectivity index (χ0v) is 7.96. The quantitative estimate of drug-likeness (QED) is 0.509. The van der Waals surface area contributed by atoms with Gasteiger partial charge in [0.15, 0.2) is 0 Å². The Hall–Kier alpha value is -0.0800. The highest BCUT2D eigenvalue weighted by molar-refractivity contribution is 8.68. The number of benzene rings is 1. The largest absolute Gasteiger partial charge is 0.0817 e. The summed E-state index contributed by atoms with van der Waals surface area (Å²) in [5.41, 5.74) is 1.41. The van der Waals surface area contributed by atoms with E-state index in [1.54, 1.807) is 0 Å². The molecule has 1 radical (unpaired) electrons. The van der Waals surface area contributed by atoms with Gasteiger partial charge in [-0.3, -0.25) is 0 Å². The van der Waals surface area contributed by atoms with Gasteiger partial charge in [-0.15, -0.1) is 0 Å². The highest BCUT2D eigenvalue weighted by Crippen LogP contribution is 2.09. The van der Waals surface area contributed by atoms with Crippen LogP contribution in [0, 0.1) is 0 Å². The van der Waals surface area contributed by atoms with Crippen molar-refractivity contribution in [1.82, 2.24) is 0 Å². The summed E-state index contributed by atoms with van der Waals surface area (Å²) in [4.78, 5) is 0. The van der Waals surface area contributed by atoms with Gasteiger partial charge in [0.1, 0.15) is 0 Å². The Balaban J connectivity index is 2.28. The lowest BCUT2D eigenvalue weighted by atomic mass is 10.1. The minimum absolute atomic E-state index is 1.09. The van der Waals surface area contributed by atoms with E-state index in [1.807, 2.05) is 6.07 Å². The third-order valence-corrected chi connectivity index (χ3v) is 2.49. The topological polar surface area (TPSA) is 0 Å². The summed E-state index contributed by atoms with van der Waals surface area (Å²) in [6, 6.07) is 10.5. The van der Waals surface area contributed by atoms with Crippen molar-refractivity contribution >= 4 is 22.5 Å². The van der Waals surface area contributed by atoms with E-state index in [-0.39, 0.29) is 0 Å². The molecule has 1 rings (SSSR count). The third kappa shape index (κ3) is 3.73. The van der Waals surface area contributed by atoms with Gasteiger partial charge in [-0.2, -0.15) is 0 Å². The lowest BCUT2D eigenvalue weighted by Gasteiger charge is -1.97. The first-order chi connectivity index (χ1) is 5.43. The van der Waals surface area contributed by atoms with Crippen LogP contribution < -0.4 is 0 Å². The van der Waals surface area contributed by atoms with Crippen molar-refractivity contribution in [3.8, 4) is 0 Å². The lowest BCUT2D eigenvalue weighted by Crippen LogP contribution is -1.85. The Bertz CT molecular complexity index is 184. The summed E-state index contributed by atoms with van der Waals surface area (Å²) in [6.07, 6.45) is 2.35. The van der Waals surface area contributed by atoms with Crippen molar-refractivity contribution < 1.29 is 0 Å². The van der Waals surface area contributed by atoms with Crippen LogP contribution in [0.2, 0.25) is 0 Å². The van der Waals surface area contributed by atoms with Crippen molar-refractivity contribution in [3.05, 3.63) is 35.9 Å². The molecular formula is C9H11S2. The van der Waals surface area contributed by atoms with E-state index >= 15 is 0 Å². The van der Waals surface area contributed by atoms with Crippen LogP contribution in [-0.2, 0) is 6.42 Å². The van der Waals surface area contributed by atoms with Gasteiger partial charge in [0.25, 0.3) is 0 Å². The smallest absolute Gasteiger partial charge is 0.00485 e. The van der Waals surface area contributed by atoms with E-state index in [0.717, 1.165) is 12.2 Å². The molecule has 2 heteroatoms. The van der Waals surface area contributed by atoms with Gasteiger partial charge >= 0.3 is 0 Å². The fourth-order valence-corrected chi connectivity index (χ4v) is 1.60. The number of rotatable bonds is 4. The van der Waals surface area contributed by atoms with Gasteiger partial charge in [-0.25, -0.2) is 0 Å². The van der Waals surface area contributed by atoms with Crippen LogP contribution in [0.25, 0.3) is 0 Å². The molecule has 0 N–H and O–H groups in total. The molecule has 0 spiro atoms. The van der Waals surface area contributed by atoms with Crippen molar-refractivity contribution in [2.75, 3.05) is 5.75 Å². The second kappa shape index (κ2) is 5.56. The fraction of sp³-hybridized carbons (Fsp3) is 0.333. The first-order valence-corrected chi connectivity index (χ1v) is 5.63. The Labute approximate surface area is 77.2 Å². The molecule has 0 heterocycles. The van der Waals surface area contributed by atoms with Crippen molar-refractivity contribution in [2.45, 2.75) is 12.8 Å². The molecule has 0 aliphatic heterocycles. The van der Waals surface area contributed by atoms with Crippen molar-refractivity contribution in [3.63, 3.8) is 0 Å². The van der Waals surface area contributed by atoms with Crippen LogP contribution >= 0.6 is 22.5 Å². The van der Waals surface area contributed by atoms with Gasteiger partial charge in [-0.05, 0) is 30.1 Å². The molecular weight excluding hydrogens is 172 g/mol. The molecule has 1 aromatic carbocycles. The van der Waals surface area contributed by atoms with E-state index in [1.165, 1.54) is 22.8 Å². The Morgan fingerprint density at radius 1 is 1.18 bits per heavy atom. The van der Waals surface area contributed by atoms with E-state index in [2.05, 4.69) is 24.3 Å². The SMILES string of the molecule is [S]SCCCc1ccccc1. The molecule has 0 unspecified atom stereocenters. The molecule has 0 bridgehead atoms. The molecule has 0 atom stereocenters. The Morgan fingerprint density at radius 2 is 1.91 bits per heavy atom. The Morgan fingerprint density at radius 3 is 2.55 bits per heavy atom.